The first-order chi connectivity index (χ1) is 10.0. The Kier molecular flexibility index (Phi) is 5.87. The number of carbonyl (C=O) groups is 2. The summed E-state index contributed by atoms with van der Waals surface area (Å²) in [5.41, 5.74) is 0. The first-order valence-corrected chi connectivity index (χ1v) is 8.28. The molecule has 1 aliphatic rings. The highest BCUT2D eigenvalue weighted by Crippen LogP contribution is 2.21. The molecule has 0 saturated carbocycles. The van der Waals surface area contributed by atoms with Gasteiger partial charge in [-0.15, -0.1) is 11.3 Å². The van der Waals surface area contributed by atoms with Crippen LogP contribution in [-0.2, 0) is 11.2 Å². The Labute approximate surface area is 133 Å². The minimum Gasteiger partial charge on any atom is -0.352 e. The van der Waals surface area contributed by atoms with Crippen molar-refractivity contribution in [3.63, 3.8) is 0 Å². The van der Waals surface area contributed by atoms with E-state index in [1.807, 2.05) is 12.1 Å². The van der Waals surface area contributed by atoms with Gasteiger partial charge in [0.15, 0.2) is 0 Å². The number of thiophene rings is 1. The molecule has 1 aromatic heterocycles. The van der Waals surface area contributed by atoms with Crippen LogP contribution in [0.3, 0.4) is 0 Å². The summed E-state index contributed by atoms with van der Waals surface area (Å²) in [6.07, 6.45) is 2.63. The first-order valence-electron chi connectivity index (χ1n) is 7.08. The van der Waals surface area contributed by atoms with Crippen LogP contribution < -0.4 is 10.6 Å². The number of piperidine rings is 1. The lowest BCUT2D eigenvalue weighted by molar-refractivity contribution is -0.119. The van der Waals surface area contributed by atoms with Crippen molar-refractivity contribution < 1.29 is 9.59 Å². The molecule has 2 N–H and O–H groups in total. The smallest absolute Gasteiger partial charge is 0.317 e. The number of carbonyl (C=O) groups excluding carboxylic acids is 2. The molecule has 0 spiro atoms. The molecule has 0 aromatic carbocycles. The number of nitrogens with one attached hydrogen (secondary N) is 2. The number of rotatable bonds is 4. The highest BCUT2D eigenvalue weighted by molar-refractivity contribution is 7.16. The van der Waals surface area contributed by atoms with E-state index in [1.165, 1.54) is 18.3 Å². The maximum Gasteiger partial charge on any atom is 0.317 e. The van der Waals surface area contributed by atoms with E-state index in [4.69, 9.17) is 11.6 Å². The van der Waals surface area contributed by atoms with Crippen LogP contribution in [0.4, 0.5) is 4.79 Å². The van der Waals surface area contributed by atoms with Gasteiger partial charge < -0.3 is 15.5 Å². The second-order valence-electron chi connectivity index (χ2n) is 5.17. The molecular weight excluding hydrogens is 310 g/mol. The number of nitrogens with zero attached hydrogens (tertiary/aromatic N) is 1. The summed E-state index contributed by atoms with van der Waals surface area (Å²) in [5.74, 6) is -0.0446. The molecule has 1 saturated heterocycles. The molecule has 5 nitrogen and oxygen atoms in total. The Morgan fingerprint density at radius 3 is 2.95 bits per heavy atom. The number of hydrogen-bond acceptors (Lipinski definition) is 3. The number of halogens is 1. The Hall–Kier alpha value is -1.27. The average Bonchev–Trinajstić information content (AvgIpc) is 2.84. The van der Waals surface area contributed by atoms with Crippen molar-refractivity contribution >= 4 is 34.9 Å². The summed E-state index contributed by atoms with van der Waals surface area (Å²) in [6, 6.07) is 3.85. The van der Waals surface area contributed by atoms with Gasteiger partial charge in [-0.2, -0.15) is 0 Å². The summed E-state index contributed by atoms with van der Waals surface area (Å²) < 4.78 is 0.769. The molecule has 0 aliphatic carbocycles. The number of amides is 3. The lowest BCUT2D eigenvalue weighted by Gasteiger charge is -2.33. The molecule has 1 aliphatic heterocycles. The minimum absolute atomic E-state index is 0.0446. The lowest BCUT2D eigenvalue weighted by atomic mass is 10.1. The largest absolute Gasteiger partial charge is 0.352 e. The molecule has 3 amide bonds. The van der Waals surface area contributed by atoms with Crippen molar-refractivity contribution in [1.29, 1.82) is 0 Å². The maximum atomic E-state index is 12.1. The van der Waals surface area contributed by atoms with Gasteiger partial charge in [-0.3, -0.25) is 4.79 Å². The van der Waals surface area contributed by atoms with Crippen LogP contribution in [0, 0.1) is 0 Å². The molecule has 1 aromatic rings. The van der Waals surface area contributed by atoms with E-state index < -0.39 is 0 Å². The lowest BCUT2D eigenvalue weighted by Crippen LogP contribution is -2.52. The minimum atomic E-state index is -0.0623. The van der Waals surface area contributed by atoms with Gasteiger partial charge in [0.1, 0.15) is 0 Å². The molecule has 1 fully saturated rings. The van der Waals surface area contributed by atoms with Gasteiger partial charge in [0, 0.05) is 37.5 Å². The van der Waals surface area contributed by atoms with E-state index in [9.17, 15) is 9.59 Å². The van der Waals surface area contributed by atoms with E-state index in [-0.39, 0.29) is 18.0 Å². The van der Waals surface area contributed by atoms with Crippen LogP contribution in [0.1, 0.15) is 24.6 Å². The molecule has 2 rings (SSSR count). The quantitative estimate of drug-likeness (QED) is 0.890. The zero-order valence-corrected chi connectivity index (χ0v) is 13.6. The Morgan fingerprint density at radius 1 is 1.48 bits per heavy atom. The monoisotopic (exact) mass is 329 g/mol. The van der Waals surface area contributed by atoms with Crippen LogP contribution in [0.15, 0.2) is 12.1 Å². The highest BCUT2D eigenvalue weighted by Gasteiger charge is 2.23. The van der Waals surface area contributed by atoms with Gasteiger partial charge >= 0.3 is 6.03 Å². The van der Waals surface area contributed by atoms with Crippen molar-refractivity contribution in [2.75, 3.05) is 19.6 Å². The van der Waals surface area contributed by atoms with Crippen molar-refractivity contribution in [1.82, 2.24) is 15.5 Å². The molecular formula is C14H20ClN3O2S. The summed E-state index contributed by atoms with van der Waals surface area (Å²) in [5, 5.41) is 5.80. The fourth-order valence-electron chi connectivity index (χ4n) is 2.46. The van der Waals surface area contributed by atoms with Crippen molar-refractivity contribution in [3.05, 3.63) is 21.3 Å². The van der Waals surface area contributed by atoms with E-state index in [0.29, 0.717) is 13.1 Å². The highest BCUT2D eigenvalue weighted by atomic mass is 35.5. The average molecular weight is 330 g/mol. The zero-order valence-electron chi connectivity index (χ0n) is 12.0. The molecule has 7 heteroatoms. The summed E-state index contributed by atoms with van der Waals surface area (Å²) in [7, 11) is 0. The second-order valence-corrected chi connectivity index (χ2v) is 6.97. The number of likely N-dealkylation sites (tertiary alicyclic amines) is 1. The Balaban J connectivity index is 1.73. The van der Waals surface area contributed by atoms with E-state index in [2.05, 4.69) is 10.6 Å². The normalized spacial score (nSPS) is 18.4. The molecule has 116 valence electrons. The van der Waals surface area contributed by atoms with Crippen molar-refractivity contribution in [2.24, 2.45) is 0 Å². The Bertz CT molecular complexity index is 506. The predicted octanol–water partition coefficient (Wildman–Crippen LogP) is 2.25. The maximum absolute atomic E-state index is 12.1. The van der Waals surface area contributed by atoms with E-state index in [0.717, 1.165) is 35.0 Å². The predicted molar refractivity (Wildman–Crippen MR) is 84.8 cm³/mol. The fourth-order valence-corrected chi connectivity index (χ4v) is 3.54. The van der Waals surface area contributed by atoms with Crippen molar-refractivity contribution in [3.8, 4) is 0 Å². The topological polar surface area (TPSA) is 61.4 Å². The molecule has 21 heavy (non-hydrogen) atoms. The van der Waals surface area contributed by atoms with Gasteiger partial charge in [-0.25, -0.2) is 4.79 Å². The van der Waals surface area contributed by atoms with E-state index >= 15 is 0 Å². The summed E-state index contributed by atoms with van der Waals surface area (Å²) in [4.78, 5) is 26.1. The van der Waals surface area contributed by atoms with Crippen LogP contribution in [-0.4, -0.2) is 42.5 Å². The second kappa shape index (κ2) is 7.66. The molecule has 0 unspecified atom stereocenters. The third-order valence-corrected chi connectivity index (χ3v) is 4.68. The zero-order chi connectivity index (χ0) is 15.2. The van der Waals surface area contributed by atoms with Crippen LogP contribution in [0.25, 0.3) is 0 Å². The fraction of sp³-hybridized carbons (Fsp3) is 0.571. The summed E-state index contributed by atoms with van der Waals surface area (Å²) >= 11 is 7.40. The van der Waals surface area contributed by atoms with Gasteiger partial charge in [0.25, 0.3) is 0 Å². The molecule has 0 radical (unpaired) electrons. The van der Waals surface area contributed by atoms with Crippen molar-refractivity contribution in [2.45, 2.75) is 32.2 Å². The van der Waals surface area contributed by atoms with Gasteiger partial charge in [-0.05, 0) is 31.4 Å². The number of urea groups is 1. The molecule has 1 atom stereocenters. The van der Waals surface area contributed by atoms with E-state index in [1.54, 1.807) is 4.90 Å². The number of hydrogen-bond donors (Lipinski definition) is 2. The molecule has 2 heterocycles. The molecule has 0 bridgehead atoms. The standard InChI is InChI=1S/C14H20ClN3O2S/c1-10(19)17-11-3-2-8-18(9-11)14(20)16-7-6-12-4-5-13(15)21-12/h4-5,11H,2-3,6-9H2,1H3,(H,16,20)(H,17,19)/t11-/m1/s1. The van der Waals surface area contributed by atoms with Crippen LogP contribution in [0.2, 0.25) is 4.34 Å². The van der Waals surface area contributed by atoms with Gasteiger partial charge in [0.2, 0.25) is 5.91 Å². The van der Waals surface area contributed by atoms with Crippen LogP contribution >= 0.6 is 22.9 Å². The third kappa shape index (κ3) is 5.21. The Morgan fingerprint density at radius 2 is 2.29 bits per heavy atom. The first kappa shape index (κ1) is 16.1. The van der Waals surface area contributed by atoms with Gasteiger partial charge in [0.05, 0.1) is 4.34 Å². The summed E-state index contributed by atoms with van der Waals surface area (Å²) in [6.45, 7) is 3.42. The third-order valence-electron chi connectivity index (χ3n) is 3.39. The van der Waals surface area contributed by atoms with Crippen LogP contribution in [0.5, 0.6) is 0 Å². The SMILES string of the molecule is CC(=O)N[C@@H]1CCCN(C(=O)NCCc2ccc(Cl)s2)C1. The van der Waals surface area contributed by atoms with Gasteiger partial charge in [-0.1, -0.05) is 11.6 Å².